The van der Waals surface area contributed by atoms with E-state index in [1.807, 2.05) is 80.6 Å². The second-order valence-electron chi connectivity index (χ2n) is 6.37. The van der Waals surface area contributed by atoms with Crippen molar-refractivity contribution in [1.82, 2.24) is 0 Å². The normalized spacial score (nSPS) is 14.2. The van der Waals surface area contributed by atoms with E-state index in [1.54, 1.807) is 0 Å². The van der Waals surface area contributed by atoms with Crippen molar-refractivity contribution in [3.63, 3.8) is 0 Å². The van der Waals surface area contributed by atoms with Gasteiger partial charge in [0.05, 0.1) is 11.4 Å². The Labute approximate surface area is 152 Å². The molecule has 128 valence electrons. The minimum absolute atomic E-state index is 0.175. The van der Waals surface area contributed by atoms with Gasteiger partial charge in [0.1, 0.15) is 17.2 Å². The van der Waals surface area contributed by atoms with E-state index in [0.717, 1.165) is 28.3 Å². The highest BCUT2D eigenvalue weighted by Gasteiger charge is 2.25. The Hall–Kier alpha value is -3.40. The first kappa shape index (κ1) is 16.1. The van der Waals surface area contributed by atoms with Crippen LogP contribution in [0.1, 0.15) is 16.7 Å². The lowest BCUT2D eigenvalue weighted by atomic mass is 10.1. The summed E-state index contributed by atoms with van der Waals surface area (Å²) in [5.41, 5.74) is 5.08. The Morgan fingerprint density at radius 2 is 1.42 bits per heavy atom. The van der Waals surface area contributed by atoms with Crippen LogP contribution in [-0.2, 0) is 4.79 Å². The highest BCUT2D eigenvalue weighted by atomic mass is 16.5. The molecule has 3 aromatic rings. The number of nitrogens with zero attached hydrogens (tertiary/aromatic N) is 1. The predicted molar refractivity (Wildman–Crippen MR) is 104 cm³/mol. The molecule has 0 bridgehead atoms. The number of amides is 1. The number of anilines is 1. The van der Waals surface area contributed by atoms with Crippen molar-refractivity contribution in [3.05, 3.63) is 83.4 Å². The van der Waals surface area contributed by atoms with Crippen LogP contribution in [-0.4, -0.2) is 11.6 Å². The lowest BCUT2D eigenvalue weighted by Gasteiger charge is -2.06. The summed E-state index contributed by atoms with van der Waals surface area (Å²) in [7, 11) is 0. The second-order valence-corrected chi connectivity index (χ2v) is 6.37. The molecule has 26 heavy (non-hydrogen) atoms. The van der Waals surface area contributed by atoms with Gasteiger partial charge in [-0.25, -0.2) is 4.99 Å². The molecular weight excluding hydrogens is 324 g/mol. The quantitative estimate of drug-likeness (QED) is 0.714. The summed E-state index contributed by atoms with van der Waals surface area (Å²) < 4.78 is 5.82. The molecule has 0 saturated heterocycles. The number of benzene rings is 3. The zero-order valence-electron chi connectivity index (χ0n) is 14.6. The summed E-state index contributed by atoms with van der Waals surface area (Å²) in [4.78, 5) is 16.7. The van der Waals surface area contributed by atoms with E-state index in [-0.39, 0.29) is 5.91 Å². The summed E-state index contributed by atoms with van der Waals surface area (Å²) in [5, 5.41) is 2.85. The van der Waals surface area contributed by atoms with Gasteiger partial charge in [-0.3, -0.25) is 4.79 Å². The van der Waals surface area contributed by atoms with Gasteiger partial charge in [-0.15, -0.1) is 0 Å². The number of aliphatic imine (C=N–C) groups is 1. The lowest BCUT2D eigenvalue weighted by Crippen LogP contribution is -2.13. The molecule has 0 unspecified atom stereocenters. The van der Waals surface area contributed by atoms with E-state index in [2.05, 4.69) is 10.3 Å². The van der Waals surface area contributed by atoms with Crippen molar-refractivity contribution in [2.45, 2.75) is 13.8 Å². The number of rotatable bonds is 3. The molecule has 3 aromatic carbocycles. The first-order valence-electron chi connectivity index (χ1n) is 8.44. The van der Waals surface area contributed by atoms with E-state index < -0.39 is 0 Å². The maximum absolute atomic E-state index is 12.2. The molecule has 1 amide bonds. The van der Waals surface area contributed by atoms with Gasteiger partial charge < -0.3 is 10.1 Å². The van der Waals surface area contributed by atoms with Gasteiger partial charge in [0.15, 0.2) is 0 Å². The third kappa shape index (κ3) is 3.22. The van der Waals surface area contributed by atoms with Crippen LogP contribution in [0.5, 0.6) is 11.5 Å². The van der Waals surface area contributed by atoms with E-state index in [9.17, 15) is 4.79 Å². The molecule has 4 heteroatoms. The van der Waals surface area contributed by atoms with E-state index in [1.165, 1.54) is 5.56 Å². The Kier molecular flexibility index (Phi) is 4.01. The van der Waals surface area contributed by atoms with Gasteiger partial charge in [-0.1, -0.05) is 29.3 Å². The number of ether oxygens (including phenoxy) is 1. The lowest BCUT2D eigenvalue weighted by molar-refractivity contribution is -0.110. The fraction of sp³-hybridized carbons (Fsp3) is 0.0909. The fourth-order valence-corrected chi connectivity index (χ4v) is 2.84. The number of fused-ring (bicyclic) bond motifs is 1. The molecule has 4 nitrogen and oxygen atoms in total. The van der Waals surface area contributed by atoms with Crippen LogP contribution in [0.4, 0.5) is 11.4 Å². The largest absolute Gasteiger partial charge is 0.457 e. The summed E-state index contributed by atoms with van der Waals surface area (Å²) in [6, 6.07) is 21.1. The maximum Gasteiger partial charge on any atom is 0.275 e. The van der Waals surface area contributed by atoms with Crippen LogP contribution >= 0.6 is 0 Å². The summed E-state index contributed by atoms with van der Waals surface area (Å²) in [6.07, 6.45) is 0. The van der Waals surface area contributed by atoms with Crippen LogP contribution in [0, 0.1) is 13.8 Å². The maximum atomic E-state index is 12.2. The van der Waals surface area contributed by atoms with Crippen molar-refractivity contribution >= 4 is 23.0 Å². The van der Waals surface area contributed by atoms with Crippen molar-refractivity contribution in [2.24, 2.45) is 4.99 Å². The molecule has 1 heterocycles. The number of carbonyl (C=O) groups is 1. The van der Waals surface area contributed by atoms with E-state index in [0.29, 0.717) is 11.4 Å². The molecule has 0 spiro atoms. The van der Waals surface area contributed by atoms with Gasteiger partial charge >= 0.3 is 0 Å². The standard InChI is InChI=1S/C22H18N2O2/c1-14-3-8-17(9-4-14)26-18-10-6-16(7-11-18)23-21-19-13-15(2)5-12-20(19)24-22(21)25/h3-13H,1-2H3,(H,23,24,25). The average molecular weight is 342 g/mol. The molecule has 0 atom stereocenters. The zero-order chi connectivity index (χ0) is 18.1. The van der Waals surface area contributed by atoms with E-state index in [4.69, 9.17) is 4.74 Å². The van der Waals surface area contributed by atoms with Crippen LogP contribution in [0.25, 0.3) is 0 Å². The third-order valence-electron chi connectivity index (χ3n) is 4.23. The van der Waals surface area contributed by atoms with Crippen LogP contribution in [0.2, 0.25) is 0 Å². The Balaban J connectivity index is 1.58. The first-order chi connectivity index (χ1) is 12.6. The Bertz CT molecular complexity index is 1000. The minimum atomic E-state index is -0.175. The van der Waals surface area contributed by atoms with Gasteiger partial charge in [0, 0.05) is 5.56 Å². The average Bonchev–Trinajstić information content (AvgIpc) is 2.94. The molecule has 0 radical (unpaired) electrons. The second kappa shape index (κ2) is 6.48. The topological polar surface area (TPSA) is 50.7 Å². The first-order valence-corrected chi connectivity index (χ1v) is 8.44. The fourth-order valence-electron chi connectivity index (χ4n) is 2.84. The molecule has 0 aromatic heterocycles. The molecule has 4 rings (SSSR count). The number of carbonyl (C=O) groups excluding carboxylic acids is 1. The van der Waals surface area contributed by atoms with Crippen molar-refractivity contribution in [3.8, 4) is 11.5 Å². The predicted octanol–water partition coefficient (Wildman–Crippen LogP) is 5.17. The number of hydrogen-bond acceptors (Lipinski definition) is 3. The molecule has 0 fully saturated rings. The molecular formula is C22H18N2O2. The Morgan fingerprint density at radius 1 is 0.808 bits per heavy atom. The highest BCUT2D eigenvalue weighted by molar-refractivity contribution is 6.54. The summed E-state index contributed by atoms with van der Waals surface area (Å²) in [6.45, 7) is 4.04. The highest BCUT2D eigenvalue weighted by Crippen LogP contribution is 2.28. The molecule has 0 aliphatic carbocycles. The summed E-state index contributed by atoms with van der Waals surface area (Å²) in [5.74, 6) is 1.34. The molecule has 1 aliphatic heterocycles. The SMILES string of the molecule is Cc1ccc(Oc2ccc(N=C3C(=O)Nc4ccc(C)cc43)cc2)cc1. The minimum Gasteiger partial charge on any atom is -0.457 e. The number of aryl methyl sites for hydroxylation is 2. The smallest absolute Gasteiger partial charge is 0.275 e. The Morgan fingerprint density at radius 3 is 2.12 bits per heavy atom. The van der Waals surface area contributed by atoms with Crippen LogP contribution in [0.3, 0.4) is 0 Å². The van der Waals surface area contributed by atoms with Gasteiger partial charge in [0.25, 0.3) is 5.91 Å². The zero-order valence-corrected chi connectivity index (χ0v) is 14.6. The van der Waals surface area contributed by atoms with E-state index >= 15 is 0 Å². The van der Waals surface area contributed by atoms with Gasteiger partial charge in [-0.05, 0) is 62.4 Å². The number of hydrogen-bond donors (Lipinski definition) is 1. The van der Waals surface area contributed by atoms with Crippen LogP contribution < -0.4 is 10.1 Å². The monoisotopic (exact) mass is 342 g/mol. The summed E-state index contributed by atoms with van der Waals surface area (Å²) >= 11 is 0. The van der Waals surface area contributed by atoms with Gasteiger partial charge in [0.2, 0.25) is 0 Å². The van der Waals surface area contributed by atoms with Crippen molar-refractivity contribution < 1.29 is 9.53 Å². The molecule has 0 saturated carbocycles. The molecule has 1 N–H and O–H groups in total. The third-order valence-corrected chi connectivity index (χ3v) is 4.23. The van der Waals surface area contributed by atoms with Gasteiger partial charge in [-0.2, -0.15) is 0 Å². The van der Waals surface area contributed by atoms with Crippen molar-refractivity contribution in [2.75, 3.05) is 5.32 Å². The molecule has 1 aliphatic rings. The number of nitrogens with one attached hydrogen (secondary N) is 1. The van der Waals surface area contributed by atoms with Crippen molar-refractivity contribution in [1.29, 1.82) is 0 Å². The van der Waals surface area contributed by atoms with Crippen LogP contribution in [0.15, 0.2) is 71.7 Å².